The van der Waals surface area contributed by atoms with Crippen LogP contribution in [0.1, 0.15) is 59.8 Å². The van der Waals surface area contributed by atoms with Crippen LogP contribution in [-0.4, -0.2) is 32.5 Å². The lowest BCUT2D eigenvalue weighted by Gasteiger charge is -2.28. The molecule has 0 N–H and O–H groups in total. The number of hydrogen-bond acceptors (Lipinski definition) is 3. The average Bonchev–Trinajstić information content (AvgIpc) is 2.70. The summed E-state index contributed by atoms with van der Waals surface area (Å²) < 4.78 is 45.0. The Morgan fingerprint density at radius 3 is 2.44 bits per heavy atom. The van der Waals surface area contributed by atoms with Gasteiger partial charge in [-0.1, -0.05) is 19.9 Å². The van der Waals surface area contributed by atoms with Crippen LogP contribution < -0.4 is 0 Å². The molecule has 4 unspecified atom stereocenters. The van der Waals surface area contributed by atoms with E-state index < -0.39 is 11.7 Å². The van der Waals surface area contributed by atoms with Gasteiger partial charge in [0.1, 0.15) is 5.76 Å². The monoisotopic (exact) mass is 386 g/mol. The molecule has 1 fully saturated rings. The molecular weight excluding hydrogens is 350 g/mol. The van der Waals surface area contributed by atoms with Crippen LogP contribution in [0, 0.1) is 11.8 Å². The van der Waals surface area contributed by atoms with Crippen molar-refractivity contribution < 1.29 is 23.0 Å². The van der Waals surface area contributed by atoms with E-state index in [0.29, 0.717) is 31.1 Å². The van der Waals surface area contributed by atoms with Gasteiger partial charge in [-0.15, -0.1) is 6.58 Å². The van der Waals surface area contributed by atoms with Gasteiger partial charge in [0.2, 0.25) is 0 Å². The van der Waals surface area contributed by atoms with Gasteiger partial charge in [-0.2, -0.15) is 0 Å². The zero-order valence-electron chi connectivity index (χ0n) is 17.5. The van der Waals surface area contributed by atoms with Crippen molar-refractivity contribution in [3.63, 3.8) is 0 Å². The van der Waals surface area contributed by atoms with E-state index in [4.69, 9.17) is 14.2 Å². The molecule has 1 heterocycles. The Morgan fingerprint density at radius 2 is 1.93 bits per heavy atom. The van der Waals surface area contributed by atoms with Crippen molar-refractivity contribution in [3.05, 3.63) is 35.6 Å². The van der Waals surface area contributed by atoms with Gasteiger partial charge in [-0.3, -0.25) is 0 Å². The Hall–Kier alpha value is -1.20. The molecule has 0 spiro atoms. The SMILES string of the molecule is C=CC1CCC(COC(C)CCC(C)/C(CC)=C(F)/C(F)=C(\C)OC)OC1. The summed E-state index contributed by atoms with van der Waals surface area (Å²) in [6.45, 7) is 12.3. The van der Waals surface area contributed by atoms with E-state index in [1.807, 2.05) is 26.8 Å². The number of rotatable bonds is 11. The molecule has 0 amide bonds. The Morgan fingerprint density at radius 1 is 1.22 bits per heavy atom. The zero-order valence-corrected chi connectivity index (χ0v) is 17.5. The van der Waals surface area contributed by atoms with E-state index in [2.05, 4.69) is 6.58 Å². The minimum Gasteiger partial charge on any atom is -0.498 e. The van der Waals surface area contributed by atoms with Gasteiger partial charge in [-0.05, 0) is 57.4 Å². The predicted molar refractivity (Wildman–Crippen MR) is 106 cm³/mol. The first kappa shape index (κ1) is 23.8. The van der Waals surface area contributed by atoms with E-state index in [-0.39, 0.29) is 23.9 Å². The van der Waals surface area contributed by atoms with Crippen LogP contribution in [0.3, 0.4) is 0 Å². The molecule has 0 saturated carbocycles. The lowest BCUT2D eigenvalue weighted by atomic mass is 9.92. The van der Waals surface area contributed by atoms with Gasteiger partial charge >= 0.3 is 0 Å². The van der Waals surface area contributed by atoms with Crippen LogP contribution in [0.2, 0.25) is 0 Å². The van der Waals surface area contributed by atoms with Crippen molar-refractivity contribution in [1.29, 1.82) is 0 Å². The van der Waals surface area contributed by atoms with Crippen molar-refractivity contribution in [3.8, 4) is 0 Å². The summed E-state index contributed by atoms with van der Waals surface area (Å²) in [6, 6.07) is 0. The fraction of sp³-hybridized carbons (Fsp3) is 0.727. The Labute approximate surface area is 163 Å². The van der Waals surface area contributed by atoms with Crippen molar-refractivity contribution in [2.75, 3.05) is 20.3 Å². The largest absolute Gasteiger partial charge is 0.498 e. The molecule has 1 saturated heterocycles. The van der Waals surface area contributed by atoms with Crippen molar-refractivity contribution in [2.45, 2.75) is 72.0 Å². The maximum Gasteiger partial charge on any atom is 0.195 e. The summed E-state index contributed by atoms with van der Waals surface area (Å²) >= 11 is 0. The van der Waals surface area contributed by atoms with Crippen molar-refractivity contribution in [1.82, 2.24) is 0 Å². The van der Waals surface area contributed by atoms with Crippen LogP contribution in [0.5, 0.6) is 0 Å². The highest BCUT2D eigenvalue weighted by Gasteiger charge is 2.22. The number of halogens is 2. The molecule has 4 atom stereocenters. The minimum atomic E-state index is -0.905. The zero-order chi connectivity index (χ0) is 20.4. The van der Waals surface area contributed by atoms with Crippen LogP contribution in [0.25, 0.3) is 0 Å². The van der Waals surface area contributed by atoms with E-state index in [1.165, 1.54) is 14.0 Å². The Kier molecular flexibility index (Phi) is 10.9. The van der Waals surface area contributed by atoms with Crippen LogP contribution in [0.4, 0.5) is 8.78 Å². The lowest BCUT2D eigenvalue weighted by molar-refractivity contribution is -0.0709. The third kappa shape index (κ3) is 7.74. The Balaban J connectivity index is 2.47. The molecular formula is C22H36F2O3. The van der Waals surface area contributed by atoms with Gasteiger partial charge < -0.3 is 14.2 Å². The lowest BCUT2D eigenvalue weighted by Crippen LogP contribution is -2.30. The quantitative estimate of drug-likeness (QED) is 0.238. The van der Waals surface area contributed by atoms with Crippen LogP contribution in [0.15, 0.2) is 35.6 Å². The molecule has 0 aromatic rings. The van der Waals surface area contributed by atoms with E-state index in [1.54, 1.807) is 0 Å². The van der Waals surface area contributed by atoms with Gasteiger partial charge in [-0.25, -0.2) is 8.78 Å². The minimum absolute atomic E-state index is 0.0338. The van der Waals surface area contributed by atoms with Gasteiger partial charge in [0.25, 0.3) is 0 Å². The standard InChI is InChI=1S/C22H36F2O3/c1-7-18-11-12-19(27-13-18)14-26-16(4)10-9-15(3)20(8-2)22(24)21(23)17(5)25-6/h7,15-16,18-19H,1,8-14H2,2-6H3/b21-17-,22-20-. The highest BCUT2D eigenvalue weighted by Crippen LogP contribution is 2.31. The molecule has 1 aliphatic rings. The second-order valence-corrected chi connectivity index (χ2v) is 7.42. The molecule has 156 valence electrons. The van der Waals surface area contributed by atoms with Gasteiger partial charge in [0.15, 0.2) is 11.7 Å². The first-order valence-electron chi connectivity index (χ1n) is 9.98. The molecule has 3 nitrogen and oxygen atoms in total. The molecule has 0 aromatic carbocycles. The Bertz CT molecular complexity index is 520. The first-order valence-corrected chi connectivity index (χ1v) is 9.98. The summed E-state index contributed by atoms with van der Waals surface area (Å²) in [5, 5.41) is 0. The summed E-state index contributed by atoms with van der Waals surface area (Å²) in [5.74, 6) is -1.34. The van der Waals surface area contributed by atoms with Crippen molar-refractivity contribution in [2.24, 2.45) is 11.8 Å². The number of allylic oxidation sites excluding steroid dienone is 4. The van der Waals surface area contributed by atoms with Gasteiger partial charge in [0.05, 0.1) is 32.5 Å². The smallest absolute Gasteiger partial charge is 0.195 e. The normalized spacial score (nSPS) is 24.6. The molecule has 0 radical (unpaired) electrons. The maximum atomic E-state index is 14.4. The fourth-order valence-corrected chi connectivity index (χ4v) is 3.26. The molecule has 0 aromatic heterocycles. The summed E-state index contributed by atoms with van der Waals surface area (Å²) in [6.07, 6.45) is 6.20. The molecule has 0 aliphatic carbocycles. The molecule has 0 bridgehead atoms. The third-order valence-electron chi connectivity index (χ3n) is 5.38. The van der Waals surface area contributed by atoms with Crippen LogP contribution in [-0.2, 0) is 14.2 Å². The molecule has 27 heavy (non-hydrogen) atoms. The number of methoxy groups -OCH3 is 1. The van der Waals surface area contributed by atoms with Crippen LogP contribution >= 0.6 is 0 Å². The molecule has 1 aliphatic heterocycles. The first-order chi connectivity index (χ1) is 12.8. The second kappa shape index (κ2) is 12.3. The van der Waals surface area contributed by atoms with E-state index >= 15 is 0 Å². The summed E-state index contributed by atoms with van der Waals surface area (Å²) in [4.78, 5) is 0. The predicted octanol–water partition coefficient (Wildman–Crippen LogP) is 6.27. The second-order valence-electron chi connectivity index (χ2n) is 7.42. The topological polar surface area (TPSA) is 27.7 Å². The maximum absolute atomic E-state index is 14.4. The molecule has 1 rings (SSSR count). The van der Waals surface area contributed by atoms with E-state index in [9.17, 15) is 8.78 Å². The number of ether oxygens (including phenoxy) is 3. The highest BCUT2D eigenvalue weighted by atomic mass is 19.2. The number of hydrogen-bond donors (Lipinski definition) is 0. The highest BCUT2D eigenvalue weighted by molar-refractivity contribution is 5.28. The summed E-state index contributed by atoms with van der Waals surface area (Å²) in [5.41, 5.74) is 0.488. The fourth-order valence-electron chi connectivity index (χ4n) is 3.26. The summed E-state index contributed by atoms with van der Waals surface area (Å²) in [7, 11) is 1.34. The molecule has 5 heteroatoms. The van der Waals surface area contributed by atoms with E-state index in [0.717, 1.165) is 25.7 Å². The van der Waals surface area contributed by atoms with Crippen molar-refractivity contribution >= 4 is 0 Å². The third-order valence-corrected chi connectivity index (χ3v) is 5.38. The van der Waals surface area contributed by atoms with Gasteiger partial charge in [0, 0.05) is 5.92 Å². The average molecular weight is 387 g/mol.